The van der Waals surface area contributed by atoms with E-state index in [9.17, 15) is 55.5 Å². The van der Waals surface area contributed by atoms with Gasteiger partial charge in [-0.25, -0.2) is 0 Å². The van der Waals surface area contributed by atoms with E-state index in [2.05, 4.69) is 10.6 Å². The molecule has 4 fully saturated rings. The van der Waals surface area contributed by atoms with Crippen LogP contribution in [0.5, 0.6) is 0 Å². The molecule has 0 bridgehead atoms. The van der Waals surface area contributed by atoms with Gasteiger partial charge < -0.3 is 104 Å². The highest BCUT2D eigenvalue weighted by Crippen LogP contribution is 2.34. The molecule has 0 unspecified atom stereocenters. The van der Waals surface area contributed by atoms with Crippen molar-refractivity contribution in [3.63, 3.8) is 0 Å². The van der Waals surface area contributed by atoms with Crippen LogP contribution in [0.4, 0.5) is 0 Å². The number of amides is 2. The lowest BCUT2D eigenvalue weighted by Gasteiger charge is -2.49. The van der Waals surface area contributed by atoms with Crippen molar-refractivity contribution in [1.29, 1.82) is 0 Å². The fourth-order valence-electron chi connectivity index (χ4n) is 8.23. The van der Waals surface area contributed by atoms with Crippen LogP contribution in [0.15, 0.2) is 60.7 Å². The number of carbonyl (C=O) groups excluding carboxylic acids is 2. The van der Waals surface area contributed by atoms with Gasteiger partial charge in [-0.05, 0) is 11.1 Å². The van der Waals surface area contributed by atoms with Crippen LogP contribution in [0.3, 0.4) is 0 Å². The fraction of sp³-hybridized carbons (Fsp3) is 0.674. The molecule has 66 heavy (non-hydrogen) atoms. The molecular weight excluding hydrogens is 880 g/mol. The number of rotatable bonds is 19. The van der Waals surface area contributed by atoms with Crippen molar-refractivity contribution in [3.8, 4) is 0 Å². The summed E-state index contributed by atoms with van der Waals surface area (Å²) in [6.07, 6.45) is -28.1. The van der Waals surface area contributed by atoms with Crippen LogP contribution >= 0.6 is 0 Å². The van der Waals surface area contributed by atoms with Crippen molar-refractivity contribution >= 4 is 11.8 Å². The van der Waals surface area contributed by atoms with E-state index >= 15 is 0 Å². The van der Waals surface area contributed by atoms with Crippen molar-refractivity contribution < 1.29 is 103 Å². The molecule has 23 heteroatoms. The molecule has 4 aliphatic rings. The molecule has 2 aromatic carbocycles. The quantitative estimate of drug-likeness (QED) is 0.0634. The molecule has 0 aromatic heterocycles. The molecule has 11 N–H and O–H groups in total. The smallest absolute Gasteiger partial charge is 0.217 e. The molecule has 2 aromatic rings. The average molecular weight is 943 g/mol. The van der Waals surface area contributed by atoms with Crippen molar-refractivity contribution in [2.24, 2.45) is 0 Å². The maximum Gasteiger partial charge on any atom is 0.217 e. The Labute approximate surface area is 379 Å². The Hall–Kier alpha value is -3.38. The number of hydrogen-bond acceptors (Lipinski definition) is 21. The Morgan fingerprint density at radius 2 is 0.985 bits per heavy atom. The number of hydrogen-bond donors (Lipinski definition) is 11. The predicted octanol–water partition coefficient (Wildman–Crippen LogP) is -4.36. The Morgan fingerprint density at radius 1 is 0.515 bits per heavy atom. The van der Waals surface area contributed by atoms with Crippen LogP contribution in [0.25, 0.3) is 0 Å². The molecule has 0 spiro atoms. The van der Waals surface area contributed by atoms with Gasteiger partial charge in [0.05, 0.1) is 39.6 Å². The Bertz CT molecular complexity index is 1790. The first-order chi connectivity index (χ1) is 31.6. The SMILES string of the molecule is CO[C@H]1O[C@H](CO[C@@H]2O[C@H](COCc3ccccc3)[C@@H](O[C@@H]3O[C@H](CO)[C@H](O)[C@H](O)[C@H]3O)[C@H](OCc3ccccc3)[C@H]2NC(C)=O)[C@H](O)[C@H](O[C@@H]2O[C@H](CO)[C@H](O)[C@H](O)[C@H]2O)[C@H]1NC(C)=O. The van der Waals surface area contributed by atoms with Gasteiger partial charge in [0.1, 0.15) is 97.5 Å². The minimum absolute atomic E-state index is 0.0675. The molecule has 2 amide bonds. The van der Waals surface area contributed by atoms with Crippen LogP contribution < -0.4 is 10.6 Å². The van der Waals surface area contributed by atoms with E-state index in [1.165, 1.54) is 21.0 Å². The topological polar surface area (TPSA) is 333 Å². The summed E-state index contributed by atoms with van der Waals surface area (Å²) in [7, 11) is 1.25. The maximum absolute atomic E-state index is 13.0. The van der Waals surface area contributed by atoms with Gasteiger partial charge in [0.15, 0.2) is 25.2 Å². The highest BCUT2D eigenvalue weighted by Gasteiger charge is 2.55. The summed E-state index contributed by atoms with van der Waals surface area (Å²) < 4.78 is 60.8. The number of nitrogens with one attached hydrogen (secondary N) is 2. The Morgan fingerprint density at radius 3 is 1.48 bits per heavy atom. The number of ether oxygens (including phenoxy) is 10. The van der Waals surface area contributed by atoms with Crippen molar-refractivity contribution in [2.45, 2.75) is 150 Å². The minimum atomic E-state index is -1.88. The maximum atomic E-state index is 13.0. The average Bonchev–Trinajstić information content (AvgIpc) is 3.30. The van der Waals surface area contributed by atoms with Gasteiger partial charge in [0.25, 0.3) is 0 Å². The van der Waals surface area contributed by atoms with E-state index < -0.39 is 154 Å². The summed E-state index contributed by atoms with van der Waals surface area (Å²) in [5, 5.41) is 101. The Kier molecular flexibility index (Phi) is 19.1. The van der Waals surface area contributed by atoms with Crippen LogP contribution in [-0.4, -0.2) is 214 Å². The van der Waals surface area contributed by atoms with E-state index in [-0.39, 0.29) is 19.8 Å². The van der Waals surface area contributed by atoms with E-state index in [0.717, 1.165) is 5.56 Å². The second-order valence-corrected chi connectivity index (χ2v) is 16.5. The summed E-state index contributed by atoms with van der Waals surface area (Å²) in [6, 6.07) is 15.6. The highest BCUT2D eigenvalue weighted by atomic mass is 16.8. The summed E-state index contributed by atoms with van der Waals surface area (Å²) in [5.74, 6) is -1.17. The molecule has 370 valence electrons. The van der Waals surface area contributed by atoms with Gasteiger partial charge in [-0.15, -0.1) is 0 Å². The van der Waals surface area contributed by atoms with Gasteiger partial charge in [-0.2, -0.15) is 0 Å². The molecule has 0 aliphatic carbocycles. The zero-order chi connectivity index (χ0) is 47.7. The van der Waals surface area contributed by atoms with Crippen molar-refractivity contribution in [1.82, 2.24) is 10.6 Å². The van der Waals surface area contributed by atoms with E-state index in [4.69, 9.17) is 47.4 Å². The second-order valence-electron chi connectivity index (χ2n) is 16.5. The van der Waals surface area contributed by atoms with Crippen LogP contribution in [0.2, 0.25) is 0 Å². The lowest BCUT2D eigenvalue weighted by atomic mass is 9.94. The summed E-state index contributed by atoms with van der Waals surface area (Å²) in [6.45, 7) is 0.138. The standard InChI is InChI=1S/C43H62N2O21/c1-20(48)44-28-38(66-43-36(56)34(54)31(51)25(15-47)62-43)32(52)26(63-40(28)57-3)19-60-41-29(45-21(2)49)39(59-17-23-12-8-5-9-13-23)37(27(64-41)18-58-16-22-10-6-4-7-11-22)65-42-35(55)33(53)30(50)24(14-46)61-42/h4-13,24-43,46-47,50-56H,14-19H2,1-3H3,(H,44,48)(H,45,49)/t24-,25-,26-,27-,28-,29-,30+,31+,32+,33+,34+,35-,36-,37-,38-,39-,40+,41-,42+,43+/m1/s1. The summed E-state index contributed by atoms with van der Waals surface area (Å²) >= 11 is 0. The third kappa shape index (κ3) is 12.6. The molecule has 4 saturated heterocycles. The summed E-state index contributed by atoms with van der Waals surface area (Å²) in [5.41, 5.74) is 1.50. The van der Waals surface area contributed by atoms with Crippen molar-refractivity contribution in [3.05, 3.63) is 71.8 Å². The van der Waals surface area contributed by atoms with E-state index in [0.29, 0.717) is 5.56 Å². The van der Waals surface area contributed by atoms with Crippen LogP contribution in [-0.2, 0) is 70.2 Å². The van der Waals surface area contributed by atoms with Gasteiger partial charge >= 0.3 is 0 Å². The molecule has 4 aliphatic heterocycles. The largest absolute Gasteiger partial charge is 0.394 e. The lowest BCUT2D eigenvalue weighted by molar-refractivity contribution is -0.360. The predicted molar refractivity (Wildman–Crippen MR) is 220 cm³/mol. The molecule has 6 rings (SSSR count). The highest BCUT2D eigenvalue weighted by molar-refractivity contribution is 5.73. The van der Waals surface area contributed by atoms with Gasteiger partial charge in [-0.1, -0.05) is 60.7 Å². The van der Waals surface area contributed by atoms with Gasteiger partial charge in [0.2, 0.25) is 11.8 Å². The van der Waals surface area contributed by atoms with Crippen LogP contribution in [0.1, 0.15) is 25.0 Å². The van der Waals surface area contributed by atoms with E-state index in [1.54, 1.807) is 30.3 Å². The van der Waals surface area contributed by atoms with Crippen molar-refractivity contribution in [2.75, 3.05) is 33.5 Å². The zero-order valence-corrected chi connectivity index (χ0v) is 36.5. The minimum Gasteiger partial charge on any atom is -0.394 e. The first-order valence-corrected chi connectivity index (χ1v) is 21.5. The number of carbonyl (C=O) groups is 2. The third-order valence-electron chi connectivity index (χ3n) is 11.7. The number of aliphatic hydroxyl groups excluding tert-OH is 9. The lowest BCUT2D eigenvalue weighted by Crippen LogP contribution is -2.69. The zero-order valence-electron chi connectivity index (χ0n) is 36.5. The number of aliphatic hydroxyl groups is 9. The van der Waals surface area contributed by atoms with Gasteiger partial charge in [0, 0.05) is 21.0 Å². The molecular formula is C43H62N2O21. The van der Waals surface area contributed by atoms with E-state index in [1.807, 2.05) is 30.3 Å². The molecule has 4 heterocycles. The second kappa shape index (κ2) is 24.3. The summed E-state index contributed by atoms with van der Waals surface area (Å²) in [4.78, 5) is 25.4. The number of benzene rings is 2. The third-order valence-corrected chi connectivity index (χ3v) is 11.7. The first kappa shape index (κ1) is 52.0. The normalized spacial score (nSPS) is 39.5. The molecule has 0 radical (unpaired) electrons. The van der Waals surface area contributed by atoms with Crippen LogP contribution in [0, 0.1) is 0 Å². The molecule has 20 atom stereocenters. The van der Waals surface area contributed by atoms with Gasteiger partial charge in [-0.3, -0.25) is 9.59 Å². The Balaban J connectivity index is 1.32. The number of methoxy groups -OCH3 is 1. The molecule has 23 nitrogen and oxygen atoms in total. The first-order valence-electron chi connectivity index (χ1n) is 21.5. The molecule has 0 saturated carbocycles. The monoisotopic (exact) mass is 942 g/mol. The fourth-order valence-corrected chi connectivity index (χ4v) is 8.23.